The summed E-state index contributed by atoms with van der Waals surface area (Å²) in [6, 6.07) is 7.75. The molecule has 2 aromatic rings. The van der Waals surface area contributed by atoms with Crippen LogP contribution in [0.3, 0.4) is 0 Å². The Morgan fingerprint density at radius 3 is 2.70 bits per heavy atom. The molecule has 0 bridgehead atoms. The number of oxazole rings is 1. The van der Waals surface area contributed by atoms with Gasteiger partial charge in [-0.05, 0) is 24.6 Å². The first kappa shape index (κ1) is 16.5. The Bertz CT molecular complexity index is 638. The van der Waals surface area contributed by atoms with Gasteiger partial charge in [0.05, 0.1) is 25.4 Å². The maximum atomic E-state index is 9.80. The highest BCUT2D eigenvalue weighted by Crippen LogP contribution is 2.24. The van der Waals surface area contributed by atoms with E-state index < -0.39 is 0 Å². The van der Waals surface area contributed by atoms with E-state index in [1.54, 1.807) is 6.20 Å². The quantitative estimate of drug-likeness (QED) is 0.909. The molecule has 0 spiro atoms. The Labute approximate surface area is 141 Å². The second kappa shape index (κ2) is 7.45. The van der Waals surface area contributed by atoms with Crippen LogP contribution in [0.25, 0.3) is 0 Å². The van der Waals surface area contributed by atoms with Gasteiger partial charge in [0.2, 0.25) is 5.89 Å². The van der Waals surface area contributed by atoms with E-state index in [1.807, 2.05) is 31.2 Å². The van der Waals surface area contributed by atoms with Crippen LogP contribution in [0, 0.1) is 6.92 Å². The number of nitrogens with zero attached hydrogens (tertiary/aromatic N) is 3. The molecule has 1 aliphatic rings. The molecule has 1 atom stereocenters. The molecular formula is C17H22ClN3O2. The largest absolute Gasteiger partial charge is 0.445 e. The van der Waals surface area contributed by atoms with Gasteiger partial charge in [-0.2, -0.15) is 0 Å². The molecule has 124 valence electrons. The molecular weight excluding hydrogens is 314 g/mol. The first-order chi connectivity index (χ1) is 11.2. The maximum absolute atomic E-state index is 9.80. The summed E-state index contributed by atoms with van der Waals surface area (Å²) in [6.45, 7) is 6.40. The first-order valence-corrected chi connectivity index (χ1v) is 8.27. The van der Waals surface area contributed by atoms with Crippen molar-refractivity contribution in [3.05, 3.63) is 52.7 Å². The van der Waals surface area contributed by atoms with E-state index in [-0.39, 0.29) is 12.6 Å². The predicted octanol–water partition coefficient (Wildman–Crippen LogP) is 2.49. The molecule has 1 aromatic carbocycles. The molecule has 0 radical (unpaired) electrons. The molecule has 23 heavy (non-hydrogen) atoms. The van der Waals surface area contributed by atoms with Gasteiger partial charge in [0, 0.05) is 31.2 Å². The standard InChI is InChI=1S/C17H22ClN3O2/c1-13-10-19-17(23-13)11-20-5-7-21(8-6-20)16(12-22)14-3-2-4-15(18)9-14/h2-4,9-10,16,22H,5-8,11-12H2,1H3/t16-/m1/s1. The second-order valence-corrected chi connectivity index (χ2v) is 6.37. The van der Waals surface area contributed by atoms with Gasteiger partial charge in [0.1, 0.15) is 5.76 Å². The number of halogens is 1. The van der Waals surface area contributed by atoms with Crippen molar-refractivity contribution in [1.29, 1.82) is 0 Å². The Hall–Kier alpha value is -1.40. The maximum Gasteiger partial charge on any atom is 0.208 e. The lowest BCUT2D eigenvalue weighted by Crippen LogP contribution is -2.47. The van der Waals surface area contributed by atoms with Crippen molar-refractivity contribution >= 4 is 11.6 Å². The fourth-order valence-electron chi connectivity index (χ4n) is 3.04. The average molecular weight is 336 g/mol. The topological polar surface area (TPSA) is 52.7 Å². The lowest BCUT2D eigenvalue weighted by atomic mass is 10.1. The summed E-state index contributed by atoms with van der Waals surface area (Å²) in [5, 5.41) is 10.5. The molecule has 0 aliphatic carbocycles. The zero-order chi connectivity index (χ0) is 16.2. The summed E-state index contributed by atoms with van der Waals surface area (Å²) < 4.78 is 5.54. The fraction of sp³-hybridized carbons (Fsp3) is 0.471. The zero-order valence-electron chi connectivity index (χ0n) is 13.3. The number of piperazine rings is 1. The number of aliphatic hydroxyl groups is 1. The van der Waals surface area contributed by atoms with Gasteiger partial charge in [0.25, 0.3) is 0 Å². The lowest BCUT2D eigenvalue weighted by Gasteiger charge is -2.38. The van der Waals surface area contributed by atoms with Crippen LogP contribution in [0.2, 0.25) is 5.02 Å². The molecule has 1 aliphatic heterocycles. The smallest absolute Gasteiger partial charge is 0.208 e. The van der Waals surface area contributed by atoms with Crippen LogP contribution < -0.4 is 0 Å². The fourth-order valence-corrected chi connectivity index (χ4v) is 3.24. The van der Waals surface area contributed by atoms with E-state index in [4.69, 9.17) is 16.0 Å². The third-order valence-corrected chi connectivity index (χ3v) is 4.52. The van der Waals surface area contributed by atoms with E-state index in [1.165, 1.54) is 0 Å². The molecule has 0 saturated carbocycles. The second-order valence-electron chi connectivity index (χ2n) is 5.93. The van der Waals surface area contributed by atoms with Crippen molar-refractivity contribution in [3.8, 4) is 0 Å². The van der Waals surface area contributed by atoms with E-state index in [0.717, 1.165) is 49.9 Å². The number of aliphatic hydroxyl groups excluding tert-OH is 1. The van der Waals surface area contributed by atoms with Gasteiger partial charge >= 0.3 is 0 Å². The first-order valence-electron chi connectivity index (χ1n) is 7.90. The third-order valence-electron chi connectivity index (χ3n) is 4.28. The van der Waals surface area contributed by atoms with Gasteiger partial charge in [-0.3, -0.25) is 9.80 Å². The molecule has 3 rings (SSSR count). The van der Waals surface area contributed by atoms with Crippen LogP contribution in [-0.4, -0.2) is 52.7 Å². The molecule has 1 fully saturated rings. The van der Waals surface area contributed by atoms with Crippen molar-refractivity contribution in [1.82, 2.24) is 14.8 Å². The SMILES string of the molecule is Cc1cnc(CN2CCN([C@H](CO)c3cccc(Cl)c3)CC2)o1. The number of hydrogen-bond acceptors (Lipinski definition) is 5. The Morgan fingerprint density at radius 2 is 2.09 bits per heavy atom. The highest BCUT2D eigenvalue weighted by atomic mass is 35.5. The molecule has 0 unspecified atom stereocenters. The summed E-state index contributed by atoms with van der Waals surface area (Å²) in [5.41, 5.74) is 1.07. The van der Waals surface area contributed by atoms with Crippen molar-refractivity contribution in [2.45, 2.75) is 19.5 Å². The van der Waals surface area contributed by atoms with Crippen LogP contribution in [0.15, 0.2) is 34.9 Å². The predicted molar refractivity (Wildman–Crippen MR) is 89.4 cm³/mol. The van der Waals surface area contributed by atoms with E-state index in [0.29, 0.717) is 5.02 Å². The van der Waals surface area contributed by atoms with Gasteiger partial charge in [-0.15, -0.1) is 0 Å². The molecule has 5 nitrogen and oxygen atoms in total. The summed E-state index contributed by atoms with van der Waals surface area (Å²) >= 11 is 6.07. The molecule has 2 heterocycles. The molecule has 6 heteroatoms. The van der Waals surface area contributed by atoms with Crippen molar-refractivity contribution < 1.29 is 9.52 Å². The molecule has 1 N–H and O–H groups in total. The highest BCUT2D eigenvalue weighted by Gasteiger charge is 2.25. The van der Waals surface area contributed by atoms with Gasteiger partial charge in [-0.1, -0.05) is 23.7 Å². The van der Waals surface area contributed by atoms with Crippen LogP contribution in [-0.2, 0) is 6.54 Å². The molecule has 0 amide bonds. The zero-order valence-corrected chi connectivity index (χ0v) is 14.0. The number of aromatic nitrogens is 1. The van der Waals surface area contributed by atoms with Crippen LogP contribution in [0.4, 0.5) is 0 Å². The van der Waals surface area contributed by atoms with Gasteiger partial charge < -0.3 is 9.52 Å². The highest BCUT2D eigenvalue weighted by molar-refractivity contribution is 6.30. The van der Waals surface area contributed by atoms with Gasteiger partial charge in [-0.25, -0.2) is 4.98 Å². The summed E-state index contributed by atoms with van der Waals surface area (Å²) in [7, 11) is 0. The minimum Gasteiger partial charge on any atom is -0.445 e. The minimum atomic E-state index is -0.000155. The average Bonchev–Trinajstić information content (AvgIpc) is 2.95. The number of rotatable bonds is 5. The van der Waals surface area contributed by atoms with Crippen molar-refractivity contribution in [2.24, 2.45) is 0 Å². The van der Waals surface area contributed by atoms with E-state index in [9.17, 15) is 5.11 Å². The summed E-state index contributed by atoms with van der Waals surface area (Å²) in [6.07, 6.45) is 1.76. The summed E-state index contributed by atoms with van der Waals surface area (Å²) in [4.78, 5) is 8.90. The van der Waals surface area contributed by atoms with E-state index in [2.05, 4.69) is 14.8 Å². The Balaban J connectivity index is 1.58. The number of benzene rings is 1. The molecule has 1 saturated heterocycles. The molecule has 1 aromatic heterocycles. The van der Waals surface area contributed by atoms with Crippen LogP contribution in [0.5, 0.6) is 0 Å². The monoisotopic (exact) mass is 335 g/mol. The normalized spacial score (nSPS) is 18.2. The lowest BCUT2D eigenvalue weighted by molar-refractivity contribution is 0.0587. The summed E-state index contributed by atoms with van der Waals surface area (Å²) in [5.74, 6) is 1.62. The van der Waals surface area contributed by atoms with Crippen LogP contribution >= 0.6 is 11.6 Å². The van der Waals surface area contributed by atoms with Gasteiger partial charge in [0.15, 0.2) is 0 Å². The number of aryl methyl sites for hydroxylation is 1. The Kier molecular flexibility index (Phi) is 5.33. The minimum absolute atomic E-state index is 0.000155. The Morgan fingerprint density at radius 1 is 1.30 bits per heavy atom. The van der Waals surface area contributed by atoms with E-state index >= 15 is 0 Å². The third kappa shape index (κ3) is 4.12. The van der Waals surface area contributed by atoms with Crippen molar-refractivity contribution in [3.63, 3.8) is 0 Å². The van der Waals surface area contributed by atoms with Crippen molar-refractivity contribution in [2.75, 3.05) is 32.8 Å². The number of hydrogen-bond donors (Lipinski definition) is 1. The van der Waals surface area contributed by atoms with Crippen LogP contribution in [0.1, 0.15) is 23.3 Å².